The first-order chi connectivity index (χ1) is 15.6. The molecule has 33 heavy (non-hydrogen) atoms. The molecule has 3 aromatic rings. The summed E-state index contributed by atoms with van der Waals surface area (Å²) in [7, 11) is 1.55. The molecule has 2 amide bonds. The molecule has 0 unspecified atom stereocenters. The second-order valence-electron chi connectivity index (χ2n) is 7.66. The number of nitrogens with zero attached hydrogens (tertiary/aromatic N) is 1. The van der Waals surface area contributed by atoms with E-state index in [2.05, 4.69) is 5.32 Å². The molecule has 0 spiro atoms. The molecule has 0 saturated heterocycles. The molecule has 4 nitrogen and oxygen atoms in total. The summed E-state index contributed by atoms with van der Waals surface area (Å²) >= 11 is 24.8. The van der Waals surface area contributed by atoms with Gasteiger partial charge in [-0.1, -0.05) is 53.5 Å². The van der Waals surface area contributed by atoms with Crippen molar-refractivity contribution in [2.24, 2.45) is 5.92 Å². The molecule has 0 heterocycles. The van der Waals surface area contributed by atoms with Gasteiger partial charge in [0, 0.05) is 18.7 Å². The Labute approximate surface area is 210 Å². The van der Waals surface area contributed by atoms with Crippen LogP contribution >= 0.6 is 46.4 Å². The topological polar surface area (TPSA) is 49.4 Å². The van der Waals surface area contributed by atoms with Gasteiger partial charge in [-0.05, 0) is 42.0 Å². The Kier molecular flexibility index (Phi) is 6.61. The third-order valence-corrected chi connectivity index (χ3v) is 7.25. The van der Waals surface area contributed by atoms with Gasteiger partial charge in [-0.2, -0.15) is 0 Å². The van der Waals surface area contributed by atoms with Crippen LogP contribution < -0.4 is 10.2 Å². The number of hydrogen-bond acceptors (Lipinski definition) is 2. The Bertz CT molecular complexity index is 1240. The van der Waals surface area contributed by atoms with E-state index in [1.165, 1.54) is 23.1 Å². The van der Waals surface area contributed by atoms with E-state index in [4.69, 9.17) is 46.4 Å². The Morgan fingerprint density at radius 3 is 2.33 bits per heavy atom. The van der Waals surface area contributed by atoms with Gasteiger partial charge in [-0.3, -0.25) is 9.59 Å². The Balaban J connectivity index is 1.54. The third-order valence-electron chi connectivity index (χ3n) is 5.57. The SMILES string of the molecule is CN(C(=O)c1cccc(NC(=O)[C@@H]2[C@@H](c3ccc(Cl)c(Cl)c3)C2(Cl)Cl)c1F)c1ccccc1. The number of alkyl halides is 2. The minimum Gasteiger partial charge on any atom is -0.323 e. The van der Waals surface area contributed by atoms with Gasteiger partial charge in [0.15, 0.2) is 5.82 Å². The van der Waals surface area contributed by atoms with Crippen molar-refractivity contribution in [3.05, 3.63) is 93.7 Å². The molecule has 3 aromatic carbocycles. The largest absolute Gasteiger partial charge is 0.323 e. The fourth-order valence-corrected chi connectivity index (χ4v) is 4.86. The highest BCUT2D eigenvalue weighted by atomic mass is 35.5. The van der Waals surface area contributed by atoms with E-state index >= 15 is 4.39 Å². The molecule has 0 radical (unpaired) electrons. The smallest absolute Gasteiger partial charge is 0.261 e. The highest BCUT2D eigenvalue weighted by molar-refractivity contribution is 6.53. The summed E-state index contributed by atoms with van der Waals surface area (Å²) in [5.74, 6) is -3.37. The first kappa shape index (κ1) is 23.8. The van der Waals surface area contributed by atoms with Gasteiger partial charge >= 0.3 is 0 Å². The molecule has 1 saturated carbocycles. The Morgan fingerprint density at radius 2 is 1.67 bits per heavy atom. The van der Waals surface area contributed by atoms with Gasteiger partial charge in [0.25, 0.3) is 5.91 Å². The second-order valence-corrected chi connectivity index (χ2v) is 9.92. The average Bonchev–Trinajstić information content (AvgIpc) is 3.38. The van der Waals surface area contributed by atoms with Crippen LogP contribution in [0, 0.1) is 11.7 Å². The van der Waals surface area contributed by atoms with Gasteiger partial charge in [0.05, 0.1) is 27.2 Å². The average molecular weight is 526 g/mol. The molecular formula is C24H17Cl4FN2O2. The van der Waals surface area contributed by atoms with Crippen LogP contribution in [0.25, 0.3) is 0 Å². The lowest BCUT2D eigenvalue weighted by Gasteiger charge is -2.18. The van der Waals surface area contributed by atoms with Crippen molar-refractivity contribution in [2.45, 2.75) is 10.3 Å². The number of carbonyl (C=O) groups is 2. The van der Waals surface area contributed by atoms with E-state index in [0.29, 0.717) is 21.3 Å². The number of nitrogens with one attached hydrogen (secondary N) is 1. The molecule has 2 atom stereocenters. The maximum absolute atomic E-state index is 15.2. The van der Waals surface area contributed by atoms with E-state index < -0.39 is 33.8 Å². The van der Waals surface area contributed by atoms with Gasteiger partial charge in [0.1, 0.15) is 4.33 Å². The first-order valence-corrected chi connectivity index (χ1v) is 11.4. The van der Waals surface area contributed by atoms with Crippen molar-refractivity contribution in [3.8, 4) is 0 Å². The number of anilines is 2. The van der Waals surface area contributed by atoms with Crippen LogP contribution in [0.3, 0.4) is 0 Å². The number of halogens is 5. The maximum atomic E-state index is 15.2. The van der Waals surface area contributed by atoms with Gasteiger partial charge < -0.3 is 10.2 Å². The zero-order valence-electron chi connectivity index (χ0n) is 17.2. The van der Waals surface area contributed by atoms with E-state index in [1.807, 2.05) is 6.07 Å². The third kappa shape index (κ3) is 4.56. The second kappa shape index (κ2) is 9.15. The first-order valence-electron chi connectivity index (χ1n) is 9.88. The van der Waals surface area contributed by atoms with Crippen LogP contribution in [0.4, 0.5) is 15.8 Å². The number of rotatable bonds is 5. The quantitative estimate of drug-likeness (QED) is 0.367. The lowest BCUT2D eigenvalue weighted by molar-refractivity contribution is -0.117. The lowest BCUT2D eigenvalue weighted by atomic mass is 10.1. The molecule has 1 N–H and O–H groups in total. The monoisotopic (exact) mass is 524 g/mol. The van der Waals surface area contributed by atoms with E-state index in [0.717, 1.165) is 0 Å². The summed E-state index contributed by atoms with van der Waals surface area (Å²) < 4.78 is 13.8. The zero-order valence-corrected chi connectivity index (χ0v) is 20.2. The van der Waals surface area contributed by atoms with Crippen molar-refractivity contribution in [2.75, 3.05) is 17.3 Å². The van der Waals surface area contributed by atoms with Crippen molar-refractivity contribution in [3.63, 3.8) is 0 Å². The highest BCUT2D eigenvalue weighted by Gasteiger charge is 2.67. The van der Waals surface area contributed by atoms with Crippen molar-refractivity contribution < 1.29 is 14.0 Å². The van der Waals surface area contributed by atoms with Crippen molar-refractivity contribution in [1.29, 1.82) is 0 Å². The van der Waals surface area contributed by atoms with E-state index in [-0.39, 0.29) is 11.3 Å². The van der Waals surface area contributed by atoms with Gasteiger partial charge in [0.2, 0.25) is 5.91 Å². The van der Waals surface area contributed by atoms with Crippen LogP contribution in [0.2, 0.25) is 10.0 Å². The van der Waals surface area contributed by atoms with Crippen LogP contribution in [0.5, 0.6) is 0 Å². The minimum absolute atomic E-state index is 0.142. The molecular weight excluding hydrogens is 509 g/mol. The summed E-state index contributed by atoms with van der Waals surface area (Å²) in [6.07, 6.45) is 0. The predicted octanol–water partition coefficient (Wildman–Crippen LogP) is 6.94. The summed E-state index contributed by atoms with van der Waals surface area (Å²) in [6.45, 7) is 0. The normalized spacial score (nSPS) is 18.5. The molecule has 0 bridgehead atoms. The van der Waals surface area contributed by atoms with Crippen LogP contribution in [0.15, 0.2) is 66.7 Å². The molecule has 1 fully saturated rings. The van der Waals surface area contributed by atoms with Gasteiger partial charge in [-0.25, -0.2) is 4.39 Å². The standard InChI is InChI=1S/C24H17Cl4FN2O2/c1-31(14-6-3-2-4-7-14)23(33)15-8-5-9-18(21(15)29)30-22(32)20-19(24(20,27)28)13-10-11-16(25)17(26)12-13/h2-12,19-20H,1H3,(H,30,32)/t19-,20+/m1/s1. The van der Waals surface area contributed by atoms with Crippen LogP contribution in [-0.2, 0) is 4.79 Å². The van der Waals surface area contributed by atoms with Crippen LogP contribution in [0.1, 0.15) is 21.8 Å². The molecule has 4 rings (SSSR count). The van der Waals surface area contributed by atoms with Crippen molar-refractivity contribution in [1.82, 2.24) is 0 Å². The summed E-state index contributed by atoms with van der Waals surface area (Å²) in [5, 5.41) is 3.19. The molecule has 1 aliphatic rings. The Morgan fingerprint density at radius 1 is 0.970 bits per heavy atom. The number of benzene rings is 3. The zero-order chi connectivity index (χ0) is 23.9. The summed E-state index contributed by atoms with van der Waals surface area (Å²) in [5.41, 5.74) is 0.923. The molecule has 9 heteroatoms. The number of carbonyl (C=O) groups excluding carboxylic acids is 2. The van der Waals surface area contributed by atoms with Gasteiger partial charge in [-0.15, -0.1) is 23.2 Å². The number of para-hydroxylation sites is 1. The van der Waals surface area contributed by atoms with Crippen molar-refractivity contribution >= 4 is 69.6 Å². The highest BCUT2D eigenvalue weighted by Crippen LogP contribution is 2.65. The number of hydrogen-bond donors (Lipinski definition) is 1. The lowest BCUT2D eigenvalue weighted by Crippen LogP contribution is -2.27. The summed E-state index contributed by atoms with van der Waals surface area (Å²) in [6, 6.07) is 17.9. The molecule has 0 aliphatic heterocycles. The fourth-order valence-electron chi connectivity index (χ4n) is 3.73. The van der Waals surface area contributed by atoms with Crippen LogP contribution in [-0.4, -0.2) is 23.2 Å². The predicted molar refractivity (Wildman–Crippen MR) is 131 cm³/mol. The summed E-state index contributed by atoms with van der Waals surface area (Å²) in [4.78, 5) is 27.1. The maximum Gasteiger partial charge on any atom is 0.261 e. The Hall–Kier alpha value is -2.31. The number of amides is 2. The molecule has 0 aromatic heterocycles. The fraction of sp³-hybridized carbons (Fsp3) is 0.167. The molecule has 170 valence electrons. The minimum atomic E-state index is -1.39. The molecule has 1 aliphatic carbocycles. The van der Waals surface area contributed by atoms with E-state index in [9.17, 15) is 9.59 Å². The van der Waals surface area contributed by atoms with E-state index in [1.54, 1.807) is 49.5 Å².